The Labute approximate surface area is 86.0 Å². The number of hydrogen-bond donors (Lipinski definition) is 1. The van der Waals surface area contributed by atoms with Crippen LogP contribution in [-0.4, -0.2) is 13.7 Å². The van der Waals surface area contributed by atoms with E-state index in [9.17, 15) is 0 Å². The van der Waals surface area contributed by atoms with Crippen LogP contribution >= 0.6 is 0 Å². The first kappa shape index (κ1) is 9.63. The van der Waals surface area contributed by atoms with Gasteiger partial charge in [0.2, 0.25) is 0 Å². The minimum atomic E-state index is 0.310. The summed E-state index contributed by atoms with van der Waals surface area (Å²) in [6.45, 7) is 5.70. The molecule has 14 heavy (non-hydrogen) atoms. The molecule has 2 heteroatoms. The molecule has 1 fully saturated rings. The Morgan fingerprint density at radius 2 is 2.21 bits per heavy atom. The average Bonchev–Trinajstić information content (AvgIpc) is 2.17. The molecule has 0 aromatic heterocycles. The van der Waals surface area contributed by atoms with Crippen LogP contribution in [0.15, 0.2) is 23.1 Å². The second-order valence-corrected chi connectivity index (χ2v) is 4.72. The van der Waals surface area contributed by atoms with E-state index < -0.39 is 0 Å². The van der Waals surface area contributed by atoms with E-state index in [4.69, 9.17) is 4.74 Å². The molecular weight excluding hydrogens is 174 g/mol. The lowest BCUT2D eigenvalue weighted by Crippen LogP contribution is -2.36. The summed E-state index contributed by atoms with van der Waals surface area (Å²) in [6, 6.07) is 0. The summed E-state index contributed by atoms with van der Waals surface area (Å²) in [5, 5.41) is 3.46. The van der Waals surface area contributed by atoms with Gasteiger partial charge in [-0.1, -0.05) is 19.9 Å². The third-order valence-electron chi connectivity index (χ3n) is 3.30. The van der Waals surface area contributed by atoms with Crippen LogP contribution in [0, 0.1) is 5.41 Å². The largest absolute Gasteiger partial charge is 0.499 e. The van der Waals surface area contributed by atoms with E-state index in [-0.39, 0.29) is 0 Å². The Bertz CT molecular complexity index is 299. The van der Waals surface area contributed by atoms with Crippen molar-refractivity contribution in [1.82, 2.24) is 5.32 Å². The number of hydrogen-bond acceptors (Lipinski definition) is 2. The average molecular weight is 193 g/mol. The molecule has 0 unspecified atom stereocenters. The van der Waals surface area contributed by atoms with E-state index in [1.807, 2.05) is 0 Å². The van der Waals surface area contributed by atoms with Gasteiger partial charge in [0, 0.05) is 13.0 Å². The van der Waals surface area contributed by atoms with Crippen LogP contribution < -0.4 is 5.32 Å². The fraction of sp³-hybridized carbons (Fsp3) is 0.667. The minimum absolute atomic E-state index is 0.310. The van der Waals surface area contributed by atoms with Gasteiger partial charge in [-0.2, -0.15) is 0 Å². The lowest BCUT2D eigenvalue weighted by molar-refractivity contribution is 0.256. The first-order valence-electron chi connectivity index (χ1n) is 5.37. The molecule has 2 aliphatic rings. The predicted molar refractivity (Wildman–Crippen MR) is 57.8 cm³/mol. The summed E-state index contributed by atoms with van der Waals surface area (Å²) in [6.07, 6.45) is 5.73. The van der Waals surface area contributed by atoms with Crippen LogP contribution in [0.25, 0.3) is 0 Å². The van der Waals surface area contributed by atoms with Gasteiger partial charge in [-0.25, -0.2) is 0 Å². The molecule has 1 saturated heterocycles. The van der Waals surface area contributed by atoms with Gasteiger partial charge in [0.1, 0.15) is 5.76 Å². The Hall–Kier alpha value is -0.920. The summed E-state index contributed by atoms with van der Waals surface area (Å²) in [4.78, 5) is 0. The molecule has 1 aliphatic heterocycles. The van der Waals surface area contributed by atoms with Crippen LogP contribution in [0.4, 0.5) is 0 Å². The van der Waals surface area contributed by atoms with Gasteiger partial charge in [-0.05, 0) is 23.8 Å². The maximum atomic E-state index is 5.43. The minimum Gasteiger partial charge on any atom is -0.499 e. The van der Waals surface area contributed by atoms with Gasteiger partial charge >= 0.3 is 0 Å². The quantitative estimate of drug-likeness (QED) is 0.691. The van der Waals surface area contributed by atoms with Crippen molar-refractivity contribution in [3.05, 3.63) is 23.1 Å². The monoisotopic (exact) mass is 193 g/mol. The van der Waals surface area contributed by atoms with Gasteiger partial charge in [-0.3, -0.25) is 0 Å². The predicted octanol–water partition coefficient (Wildman–Crippen LogP) is 2.58. The Kier molecular flexibility index (Phi) is 2.30. The fourth-order valence-corrected chi connectivity index (χ4v) is 2.37. The highest BCUT2D eigenvalue weighted by atomic mass is 16.5. The molecule has 0 bridgehead atoms. The first-order valence-corrected chi connectivity index (χ1v) is 5.37. The first-order chi connectivity index (χ1) is 6.65. The lowest BCUT2D eigenvalue weighted by Gasteiger charge is -2.38. The second kappa shape index (κ2) is 3.34. The zero-order valence-electron chi connectivity index (χ0n) is 9.31. The van der Waals surface area contributed by atoms with Crippen LogP contribution in [0.2, 0.25) is 0 Å². The van der Waals surface area contributed by atoms with Crippen LogP contribution in [0.5, 0.6) is 0 Å². The topological polar surface area (TPSA) is 21.3 Å². The van der Waals surface area contributed by atoms with E-state index in [0.29, 0.717) is 5.41 Å². The van der Waals surface area contributed by atoms with Crippen molar-refractivity contribution in [2.24, 2.45) is 5.41 Å². The lowest BCUT2D eigenvalue weighted by atomic mass is 9.74. The molecule has 1 N–H and O–H groups in total. The van der Waals surface area contributed by atoms with Crippen LogP contribution in [0.3, 0.4) is 0 Å². The SMILES string of the molecule is COC1=C2NCCC(C)(C)C2=CCC1. The molecule has 1 heterocycles. The molecule has 2 nitrogen and oxygen atoms in total. The number of rotatable bonds is 1. The fourth-order valence-electron chi connectivity index (χ4n) is 2.37. The van der Waals surface area contributed by atoms with E-state index in [2.05, 4.69) is 25.2 Å². The Morgan fingerprint density at radius 3 is 2.93 bits per heavy atom. The number of fused-ring (bicyclic) bond motifs is 1. The molecule has 0 aromatic carbocycles. The standard InChI is InChI=1S/C12H19NO/c1-12(2)7-8-13-11-9(12)5-4-6-10(11)14-3/h5,13H,4,6-8H2,1-3H3. The highest BCUT2D eigenvalue weighted by Crippen LogP contribution is 2.41. The summed E-state index contributed by atoms with van der Waals surface area (Å²) in [5.74, 6) is 1.13. The van der Waals surface area contributed by atoms with Crippen molar-refractivity contribution in [3.8, 4) is 0 Å². The number of piperidine rings is 1. The van der Waals surface area contributed by atoms with Gasteiger partial charge < -0.3 is 10.1 Å². The molecular formula is C12H19NO. The number of methoxy groups -OCH3 is 1. The van der Waals surface area contributed by atoms with Crippen molar-refractivity contribution in [3.63, 3.8) is 0 Å². The van der Waals surface area contributed by atoms with Crippen LogP contribution in [-0.2, 0) is 4.74 Å². The van der Waals surface area contributed by atoms with Gasteiger partial charge in [0.05, 0.1) is 12.8 Å². The summed E-state index contributed by atoms with van der Waals surface area (Å²) >= 11 is 0. The van der Waals surface area contributed by atoms with Gasteiger partial charge in [-0.15, -0.1) is 0 Å². The smallest absolute Gasteiger partial charge is 0.119 e. The molecule has 0 amide bonds. The maximum Gasteiger partial charge on any atom is 0.119 e. The molecule has 78 valence electrons. The number of ether oxygens (including phenoxy) is 1. The van der Waals surface area contributed by atoms with Crippen molar-refractivity contribution < 1.29 is 4.74 Å². The molecule has 0 saturated carbocycles. The zero-order chi connectivity index (χ0) is 10.2. The molecule has 1 aliphatic carbocycles. The Balaban J connectivity index is 2.39. The summed E-state index contributed by atoms with van der Waals surface area (Å²) in [5.41, 5.74) is 3.02. The number of allylic oxidation sites excluding steroid dienone is 3. The van der Waals surface area contributed by atoms with E-state index in [1.54, 1.807) is 7.11 Å². The zero-order valence-corrected chi connectivity index (χ0v) is 9.31. The number of nitrogens with one attached hydrogen (secondary N) is 1. The van der Waals surface area contributed by atoms with E-state index in [0.717, 1.165) is 25.1 Å². The van der Waals surface area contributed by atoms with Crippen molar-refractivity contribution in [2.45, 2.75) is 33.1 Å². The van der Waals surface area contributed by atoms with Gasteiger partial charge in [0.25, 0.3) is 0 Å². The summed E-state index contributed by atoms with van der Waals surface area (Å²) in [7, 11) is 1.77. The second-order valence-electron chi connectivity index (χ2n) is 4.72. The van der Waals surface area contributed by atoms with E-state index in [1.165, 1.54) is 17.7 Å². The molecule has 0 spiro atoms. The van der Waals surface area contributed by atoms with Crippen molar-refractivity contribution in [2.75, 3.05) is 13.7 Å². The summed E-state index contributed by atoms with van der Waals surface area (Å²) < 4.78 is 5.43. The highest BCUT2D eigenvalue weighted by molar-refractivity contribution is 5.41. The third-order valence-corrected chi connectivity index (χ3v) is 3.30. The van der Waals surface area contributed by atoms with Crippen molar-refractivity contribution in [1.29, 1.82) is 0 Å². The Morgan fingerprint density at radius 1 is 1.43 bits per heavy atom. The normalized spacial score (nSPS) is 24.9. The molecule has 2 rings (SSSR count). The van der Waals surface area contributed by atoms with Crippen LogP contribution in [0.1, 0.15) is 33.1 Å². The molecule has 0 aromatic rings. The maximum absolute atomic E-state index is 5.43. The highest BCUT2D eigenvalue weighted by Gasteiger charge is 2.33. The molecule has 0 radical (unpaired) electrons. The van der Waals surface area contributed by atoms with E-state index >= 15 is 0 Å². The third kappa shape index (κ3) is 1.43. The van der Waals surface area contributed by atoms with Gasteiger partial charge in [0.15, 0.2) is 0 Å². The molecule has 0 atom stereocenters. The van der Waals surface area contributed by atoms with Crippen molar-refractivity contribution >= 4 is 0 Å².